The van der Waals surface area contributed by atoms with E-state index in [1.807, 2.05) is 0 Å². The lowest BCUT2D eigenvalue weighted by atomic mass is 10.2. The van der Waals surface area contributed by atoms with Crippen LogP contribution in [0.4, 0.5) is 5.82 Å². The van der Waals surface area contributed by atoms with Gasteiger partial charge in [-0.15, -0.1) is 0 Å². The molecule has 1 amide bonds. The fraction of sp³-hybridized carbons (Fsp3) is 0.357. The van der Waals surface area contributed by atoms with E-state index in [2.05, 4.69) is 20.4 Å². The molecule has 8 heteroatoms. The van der Waals surface area contributed by atoms with Crippen molar-refractivity contribution in [2.75, 3.05) is 11.1 Å². The highest BCUT2D eigenvalue weighted by atomic mass is 32.2. The van der Waals surface area contributed by atoms with E-state index in [1.54, 1.807) is 26.8 Å². The minimum Gasteiger partial charge on any atom is -0.360 e. The molecule has 0 unspecified atom stereocenters. The summed E-state index contributed by atoms with van der Waals surface area (Å²) in [7, 11) is 0. The minimum absolute atomic E-state index is 0.113. The van der Waals surface area contributed by atoms with Crippen molar-refractivity contribution < 1.29 is 14.1 Å². The molecule has 2 aromatic rings. The molecule has 0 aromatic carbocycles. The number of rotatable bonds is 5. The largest absolute Gasteiger partial charge is 0.360 e. The number of hydrogen-bond donors (Lipinski definition) is 1. The molecule has 22 heavy (non-hydrogen) atoms. The van der Waals surface area contributed by atoms with Gasteiger partial charge in [-0.25, -0.2) is 9.97 Å². The van der Waals surface area contributed by atoms with Crippen LogP contribution < -0.4 is 5.32 Å². The number of aromatic nitrogens is 3. The maximum Gasteiger partial charge on any atom is 0.236 e. The Morgan fingerprint density at radius 2 is 2.00 bits per heavy atom. The maximum absolute atomic E-state index is 11.9. The monoisotopic (exact) mass is 320 g/mol. The first-order chi connectivity index (χ1) is 10.4. The zero-order valence-corrected chi connectivity index (χ0v) is 13.6. The van der Waals surface area contributed by atoms with E-state index in [0.29, 0.717) is 33.7 Å². The molecule has 0 bridgehead atoms. The first kappa shape index (κ1) is 16.2. The van der Waals surface area contributed by atoms with Crippen LogP contribution in [0.1, 0.15) is 34.6 Å². The van der Waals surface area contributed by atoms with Gasteiger partial charge < -0.3 is 9.84 Å². The predicted octanol–water partition coefficient (Wildman–Crippen LogP) is 2.32. The third-order valence-electron chi connectivity index (χ3n) is 2.76. The lowest BCUT2D eigenvalue weighted by molar-refractivity contribution is -0.113. The summed E-state index contributed by atoms with van der Waals surface area (Å²) in [6.45, 7) is 6.71. The summed E-state index contributed by atoms with van der Waals surface area (Å²) in [5.74, 6) is 1.29. The van der Waals surface area contributed by atoms with Crippen molar-refractivity contribution in [2.45, 2.75) is 32.7 Å². The van der Waals surface area contributed by atoms with E-state index in [0.717, 1.165) is 0 Å². The summed E-state index contributed by atoms with van der Waals surface area (Å²) < 4.78 is 4.87. The van der Waals surface area contributed by atoms with Gasteiger partial charge in [0, 0.05) is 6.07 Å². The van der Waals surface area contributed by atoms with Crippen molar-refractivity contribution in [3.05, 3.63) is 28.9 Å². The van der Waals surface area contributed by atoms with Crippen molar-refractivity contribution >= 4 is 29.3 Å². The second-order valence-corrected chi connectivity index (χ2v) is 5.72. The molecule has 2 heterocycles. The Hall–Kier alpha value is -2.22. The number of nitrogens with one attached hydrogen (secondary N) is 1. The third-order valence-corrected chi connectivity index (χ3v) is 3.73. The average Bonchev–Trinajstić information content (AvgIpc) is 2.80. The number of nitrogens with zero attached hydrogens (tertiary/aromatic N) is 3. The molecule has 0 atom stereocenters. The molecule has 0 radical (unpaired) electrons. The van der Waals surface area contributed by atoms with Crippen molar-refractivity contribution in [3.63, 3.8) is 0 Å². The minimum atomic E-state index is -0.248. The Kier molecular flexibility index (Phi) is 4.92. The van der Waals surface area contributed by atoms with E-state index < -0.39 is 0 Å². The summed E-state index contributed by atoms with van der Waals surface area (Å²) in [6.07, 6.45) is 0. The number of thioether (sulfide) groups is 1. The van der Waals surface area contributed by atoms with Crippen LogP contribution in [0.3, 0.4) is 0 Å². The second-order valence-electron chi connectivity index (χ2n) is 4.75. The van der Waals surface area contributed by atoms with Crippen LogP contribution in [-0.4, -0.2) is 32.6 Å². The summed E-state index contributed by atoms with van der Waals surface area (Å²) in [6, 6.07) is 1.63. The molecule has 0 fully saturated rings. The summed E-state index contributed by atoms with van der Waals surface area (Å²) in [5.41, 5.74) is 1.08. The molecule has 0 spiro atoms. The van der Waals surface area contributed by atoms with Crippen LogP contribution in [0.15, 0.2) is 15.6 Å². The molecule has 2 aromatic heterocycles. The molecule has 0 saturated carbocycles. The molecule has 1 N–H and O–H groups in total. The van der Waals surface area contributed by atoms with E-state index >= 15 is 0 Å². The van der Waals surface area contributed by atoms with Crippen molar-refractivity contribution in [1.29, 1.82) is 0 Å². The number of anilines is 1. The van der Waals surface area contributed by atoms with Gasteiger partial charge in [0.1, 0.15) is 16.6 Å². The Balaban J connectivity index is 2.07. The number of hydrogen-bond acceptors (Lipinski definition) is 7. The van der Waals surface area contributed by atoms with E-state index in [-0.39, 0.29) is 17.4 Å². The van der Waals surface area contributed by atoms with Crippen LogP contribution in [0.2, 0.25) is 0 Å². The zero-order valence-electron chi connectivity index (χ0n) is 12.8. The quantitative estimate of drug-likeness (QED) is 0.513. The van der Waals surface area contributed by atoms with Gasteiger partial charge in [-0.1, -0.05) is 16.9 Å². The Morgan fingerprint density at radius 1 is 1.27 bits per heavy atom. The maximum atomic E-state index is 11.9. The predicted molar refractivity (Wildman–Crippen MR) is 82.1 cm³/mol. The number of Topliss-reactive ketones (excluding diaryl/α,β-unsaturated/α-hetero) is 1. The lowest BCUT2D eigenvalue weighted by Gasteiger charge is -2.09. The molecule has 7 nitrogen and oxygen atoms in total. The second kappa shape index (κ2) is 6.69. The molecular weight excluding hydrogens is 304 g/mol. The van der Waals surface area contributed by atoms with Gasteiger partial charge in [-0.2, -0.15) is 0 Å². The van der Waals surface area contributed by atoms with E-state index in [1.165, 1.54) is 18.7 Å². The highest BCUT2D eigenvalue weighted by molar-refractivity contribution is 8.00. The lowest BCUT2D eigenvalue weighted by Crippen LogP contribution is -2.15. The van der Waals surface area contributed by atoms with Crippen LogP contribution in [0.5, 0.6) is 0 Å². The number of carbonyl (C=O) groups excluding carboxylic acids is 2. The Bertz CT molecular complexity index is 727. The molecule has 2 rings (SSSR count). The molecule has 0 aliphatic rings. The van der Waals surface area contributed by atoms with E-state index in [9.17, 15) is 9.59 Å². The molecule has 0 aliphatic carbocycles. The first-order valence-corrected chi connectivity index (χ1v) is 7.57. The standard InChI is InChI=1S/C14H16N4O3S/c1-7-5-11(18-21-7)17-12(20)6-22-14-13(9(3)19)8(2)15-10(4)16-14/h5H,6H2,1-4H3,(H,17,18,20). The number of ketones is 1. The number of amides is 1. The molecule has 0 aliphatic heterocycles. The van der Waals surface area contributed by atoms with Gasteiger partial charge >= 0.3 is 0 Å². The first-order valence-electron chi connectivity index (χ1n) is 6.59. The van der Waals surface area contributed by atoms with Crippen LogP contribution in [0.25, 0.3) is 0 Å². The summed E-state index contributed by atoms with van der Waals surface area (Å²) in [5, 5.41) is 6.82. The summed E-state index contributed by atoms with van der Waals surface area (Å²) in [4.78, 5) is 32.1. The topological polar surface area (TPSA) is 98.0 Å². The number of carbonyl (C=O) groups is 2. The fourth-order valence-electron chi connectivity index (χ4n) is 1.93. The highest BCUT2D eigenvalue weighted by Gasteiger charge is 2.16. The van der Waals surface area contributed by atoms with Crippen LogP contribution >= 0.6 is 11.8 Å². The van der Waals surface area contributed by atoms with Crippen molar-refractivity contribution in [3.8, 4) is 0 Å². The molecule has 116 valence electrons. The normalized spacial score (nSPS) is 10.5. The zero-order chi connectivity index (χ0) is 16.3. The number of aryl methyl sites for hydroxylation is 3. The third kappa shape index (κ3) is 3.91. The fourth-order valence-corrected chi connectivity index (χ4v) is 2.90. The highest BCUT2D eigenvalue weighted by Crippen LogP contribution is 2.23. The van der Waals surface area contributed by atoms with Crippen molar-refractivity contribution in [2.24, 2.45) is 0 Å². The van der Waals surface area contributed by atoms with Crippen LogP contribution in [0, 0.1) is 20.8 Å². The van der Waals surface area contributed by atoms with E-state index in [4.69, 9.17) is 4.52 Å². The SMILES string of the molecule is CC(=O)c1c(C)nc(C)nc1SCC(=O)Nc1cc(C)on1. The van der Waals surface area contributed by atoms with Gasteiger partial charge in [-0.05, 0) is 27.7 Å². The molecule has 0 saturated heterocycles. The Morgan fingerprint density at radius 3 is 2.59 bits per heavy atom. The van der Waals surface area contributed by atoms with Gasteiger partial charge in [-0.3, -0.25) is 9.59 Å². The molecular formula is C14H16N4O3S. The van der Waals surface area contributed by atoms with Crippen LogP contribution in [-0.2, 0) is 4.79 Å². The smallest absolute Gasteiger partial charge is 0.236 e. The summed E-state index contributed by atoms with van der Waals surface area (Å²) >= 11 is 1.20. The Labute approximate surface area is 131 Å². The van der Waals surface area contributed by atoms with Gasteiger partial charge in [0.2, 0.25) is 5.91 Å². The van der Waals surface area contributed by atoms with Crippen molar-refractivity contribution in [1.82, 2.24) is 15.1 Å². The average molecular weight is 320 g/mol. The van der Waals surface area contributed by atoms with Gasteiger partial charge in [0.25, 0.3) is 0 Å². The van der Waals surface area contributed by atoms with Gasteiger partial charge in [0.15, 0.2) is 11.6 Å². The van der Waals surface area contributed by atoms with Gasteiger partial charge in [0.05, 0.1) is 17.0 Å².